The van der Waals surface area contributed by atoms with Gasteiger partial charge in [-0.3, -0.25) is 4.79 Å². The number of benzene rings is 1. The first-order chi connectivity index (χ1) is 10.6. The Hall–Kier alpha value is -2.24. The third-order valence-corrected chi connectivity index (χ3v) is 3.18. The molecule has 1 aromatic carbocycles. The van der Waals surface area contributed by atoms with E-state index in [9.17, 15) is 14.7 Å². The average Bonchev–Trinajstić information content (AvgIpc) is 2.44. The molecule has 1 atom stereocenters. The number of carbonyl (C=O) groups is 2. The van der Waals surface area contributed by atoms with Crippen LogP contribution in [0.2, 0.25) is 0 Å². The molecule has 0 bridgehead atoms. The van der Waals surface area contributed by atoms with Crippen molar-refractivity contribution in [3.63, 3.8) is 0 Å². The van der Waals surface area contributed by atoms with Gasteiger partial charge in [0.25, 0.3) is 0 Å². The number of ether oxygens (including phenoxy) is 2. The topological polar surface area (TPSA) is 76.1 Å². The van der Waals surface area contributed by atoms with Crippen LogP contribution in [0, 0.1) is 0 Å². The molecule has 128 valence electrons. The molecule has 0 aliphatic carbocycles. The fraction of sp³-hybridized carbons (Fsp3) is 0.529. The fourth-order valence-corrected chi connectivity index (χ4v) is 2.10. The Kier molecular flexibility index (Phi) is 6.42. The largest absolute Gasteiger partial charge is 0.508 e. The second kappa shape index (κ2) is 7.85. The van der Waals surface area contributed by atoms with Crippen LogP contribution in [0.4, 0.5) is 4.79 Å². The highest BCUT2D eigenvalue weighted by Gasteiger charge is 2.24. The van der Waals surface area contributed by atoms with Crippen molar-refractivity contribution < 1.29 is 24.2 Å². The Balaban J connectivity index is 2.88. The first-order valence-corrected chi connectivity index (χ1v) is 7.42. The van der Waals surface area contributed by atoms with Crippen molar-refractivity contribution in [2.45, 2.75) is 38.7 Å². The SMILES string of the molecule is COC(=O)C[C@H](CN(C)C(=O)OC(C)(C)C)c1cccc(O)c1. The summed E-state index contributed by atoms with van der Waals surface area (Å²) >= 11 is 0. The van der Waals surface area contributed by atoms with Gasteiger partial charge in [0.05, 0.1) is 13.5 Å². The van der Waals surface area contributed by atoms with Crippen LogP contribution in [-0.4, -0.2) is 48.4 Å². The molecule has 0 aromatic heterocycles. The number of nitrogens with zero attached hydrogens (tertiary/aromatic N) is 1. The number of phenols is 1. The smallest absolute Gasteiger partial charge is 0.410 e. The molecule has 0 heterocycles. The predicted molar refractivity (Wildman–Crippen MR) is 86.3 cm³/mol. The summed E-state index contributed by atoms with van der Waals surface area (Å²) in [6.45, 7) is 5.65. The molecule has 0 saturated heterocycles. The van der Waals surface area contributed by atoms with E-state index in [4.69, 9.17) is 9.47 Å². The number of methoxy groups -OCH3 is 1. The molecular formula is C17H25NO5. The van der Waals surface area contributed by atoms with Crippen molar-refractivity contribution >= 4 is 12.1 Å². The van der Waals surface area contributed by atoms with Gasteiger partial charge in [-0.25, -0.2) is 4.79 Å². The van der Waals surface area contributed by atoms with Gasteiger partial charge in [-0.05, 0) is 38.5 Å². The Bertz CT molecular complexity index is 550. The van der Waals surface area contributed by atoms with Crippen molar-refractivity contribution in [1.29, 1.82) is 0 Å². The quantitative estimate of drug-likeness (QED) is 0.843. The lowest BCUT2D eigenvalue weighted by Gasteiger charge is -2.27. The number of carbonyl (C=O) groups excluding carboxylic acids is 2. The molecule has 6 nitrogen and oxygen atoms in total. The zero-order valence-electron chi connectivity index (χ0n) is 14.3. The highest BCUT2D eigenvalue weighted by Crippen LogP contribution is 2.25. The van der Waals surface area contributed by atoms with Crippen LogP contribution < -0.4 is 0 Å². The second-order valence-corrected chi connectivity index (χ2v) is 6.43. The molecule has 0 aliphatic heterocycles. The van der Waals surface area contributed by atoms with Crippen molar-refractivity contribution in [2.24, 2.45) is 0 Å². The van der Waals surface area contributed by atoms with Gasteiger partial charge in [0, 0.05) is 19.5 Å². The maximum Gasteiger partial charge on any atom is 0.410 e. The molecule has 0 aliphatic rings. The van der Waals surface area contributed by atoms with E-state index in [-0.39, 0.29) is 30.6 Å². The van der Waals surface area contributed by atoms with Crippen LogP contribution in [0.1, 0.15) is 38.7 Å². The number of rotatable bonds is 5. The van der Waals surface area contributed by atoms with Crippen molar-refractivity contribution in [2.75, 3.05) is 20.7 Å². The van der Waals surface area contributed by atoms with Gasteiger partial charge in [-0.2, -0.15) is 0 Å². The van der Waals surface area contributed by atoms with Crippen LogP contribution in [0.5, 0.6) is 5.75 Å². The lowest BCUT2D eigenvalue weighted by atomic mass is 9.95. The summed E-state index contributed by atoms with van der Waals surface area (Å²) in [5.74, 6) is -0.569. The molecule has 1 aromatic rings. The first kappa shape index (κ1) is 18.8. The Morgan fingerprint density at radius 1 is 1.30 bits per heavy atom. The third kappa shape index (κ3) is 6.59. The number of phenolic OH excluding ortho intramolecular Hbond substituents is 1. The number of esters is 1. The molecule has 1 amide bonds. The summed E-state index contributed by atoms with van der Waals surface area (Å²) in [5, 5.41) is 9.63. The van der Waals surface area contributed by atoms with Crippen molar-refractivity contribution in [3.05, 3.63) is 29.8 Å². The maximum atomic E-state index is 12.1. The predicted octanol–water partition coefficient (Wildman–Crippen LogP) is 2.91. The van der Waals surface area contributed by atoms with Crippen molar-refractivity contribution in [1.82, 2.24) is 4.90 Å². The minimum absolute atomic E-state index is 0.104. The van der Waals surface area contributed by atoms with E-state index in [1.54, 1.807) is 52.1 Å². The Labute approximate surface area is 137 Å². The minimum atomic E-state index is -0.589. The summed E-state index contributed by atoms with van der Waals surface area (Å²) in [6, 6.07) is 6.63. The molecule has 0 saturated carbocycles. The van der Waals surface area contributed by atoms with E-state index in [2.05, 4.69) is 0 Å². The molecule has 0 radical (unpaired) electrons. The summed E-state index contributed by atoms with van der Waals surface area (Å²) in [6.07, 6.45) is -0.361. The first-order valence-electron chi connectivity index (χ1n) is 7.42. The number of amides is 1. The highest BCUT2D eigenvalue weighted by atomic mass is 16.6. The van der Waals surface area contributed by atoms with Crippen LogP contribution in [0.3, 0.4) is 0 Å². The van der Waals surface area contributed by atoms with E-state index in [1.807, 2.05) is 0 Å². The normalized spacial score (nSPS) is 12.4. The van der Waals surface area contributed by atoms with Gasteiger partial charge < -0.3 is 19.5 Å². The summed E-state index contributed by atoms with van der Waals surface area (Å²) < 4.78 is 10.0. The molecular weight excluding hydrogens is 298 g/mol. The Morgan fingerprint density at radius 3 is 2.48 bits per heavy atom. The van der Waals surface area contributed by atoms with Gasteiger partial charge in [0.15, 0.2) is 0 Å². The summed E-state index contributed by atoms with van der Waals surface area (Å²) in [4.78, 5) is 25.1. The fourth-order valence-electron chi connectivity index (χ4n) is 2.10. The number of hydrogen-bond acceptors (Lipinski definition) is 5. The van der Waals surface area contributed by atoms with Gasteiger partial charge in [0.1, 0.15) is 11.4 Å². The minimum Gasteiger partial charge on any atom is -0.508 e. The van der Waals surface area contributed by atoms with E-state index in [0.29, 0.717) is 0 Å². The van der Waals surface area contributed by atoms with Crippen LogP contribution >= 0.6 is 0 Å². The molecule has 0 spiro atoms. The highest BCUT2D eigenvalue weighted by molar-refractivity contribution is 5.71. The summed E-state index contributed by atoms with van der Waals surface area (Å²) in [7, 11) is 2.93. The molecule has 0 unspecified atom stereocenters. The lowest BCUT2D eigenvalue weighted by molar-refractivity contribution is -0.141. The van der Waals surface area contributed by atoms with E-state index in [1.165, 1.54) is 12.0 Å². The molecule has 1 rings (SSSR count). The monoisotopic (exact) mass is 323 g/mol. The number of likely N-dealkylation sites (N-methyl/N-ethyl adjacent to an activating group) is 1. The number of hydrogen-bond donors (Lipinski definition) is 1. The molecule has 1 N–H and O–H groups in total. The molecule has 6 heteroatoms. The maximum absolute atomic E-state index is 12.1. The standard InChI is InChI=1S/C17H25NO5/c1-17(2,3)23-16(21)18(4)11-13(10-15(20)22-5)12-7-6-8-14(19)9-12/h6-9,13,19H,10-11H2,1-5H3/t13-/m1/s1. The van der Waals surface area contributed by atoms with Gasteiger partial charge in [0.2, 0.25) is 0 Å². The lowest BCUT2D eigenvalue weighted by Crippen LogP contribution is -2.37. The van der Waals surface area contributed by atoms with Crippen LogP contribution in [0.15, 0.2) is 24.3 Å². The van der Waals surface area contributed by atoms with Gasteiger partial charge in [-0.15, -0.1) is 0 Å². The van der Waals surface area contributed by atoms with E-state index < -0.39 is 11.7 Å². The van der Waals surface area contributed by atoms with E-state index >= 15 is 0 Å². The van der Waals surface area contributed by atoms with Crippen LogP contribution in [0.25, 0.3) is 0 Å². The number of aromatic hydroxyl groups is 1. The zero-order chi connectivity index (χ0) is 17.6. The average molecular weight is 323 g/mol. The third-order valence-electron chi connectivity index (χ3n) is 3.18. The van der Waals surface area contributed by atoms with Gasteiger partial charge in [-0.1, -0.05) is 12.1 Å². The van der Waals surface area contributed by atoms with E-state index in [0.717, 1.165) is 5.56 Å². The molecule has 0 fully saturated rings. The van der Waals surface area contributed by atoms with Crippen LogP contribution in [-0.2, 0) is 14.3 Å². The zero-order valence-corrected chi connectivity index (χ0v) is 14.3. The summed E-state index contributed by atoms with van der Waals surface area (Å²) in [5.41, 5.74) is 0.166. The van der Waals surface area contributed by atoms with Gasteiger partial charge >= 0.3 is 12.1 Å². The van der Waals surface area contributed by atoms with Crippen molar-refractivity contribution in [3.8, 4) is 5.75 Å². The molecule has 23 heavy (non-hydrogen) atoms. The second-order valence-electron chi connectivity index (χ2n) is 6.43. The Morgan fingerprint density at radius 2 is 1.96 bits per heavy atom.